The van der Waals surface area contributed by atoms with Crippen molar-refractivity contribution in [1.29, 1.82) is 0 Å². The quantitative estimate of drug-likeness (QED) is 0.489. The van der Waals surface area contributed by atoms with Crippen LogP contribution in [0.2, 0.25) is 0 Å². The lowest BCUT2D eigenvalue weighted by Crippen LogP contribution is -2.48. The minimum atomic E-state index is -0.442. The maximum atomic E-state index is 12.3. The molecule has 2 aromatic carbocycles. The van der Waals surface area contributed by atoms with E-state index in [1.807, 2.05) is 18.2 Å². The van der Waals surface area contributed by atoms with Crippen LogP contribution in [-0.4, -0.2) is 41.9 Å². The van der Waals surface area contributed by atoms with E-state index in [0.29, 0.717) is 18.7 Å². The number of rotatable bonds is 4. The maximum absolute atomic E-state index is 12.3. The van der Waals surface area contributed by atoms with Crippen LogP contribution in [0.5, 0.6) is 0 Å². The number of carbonyl (C=O) groups excluding carboxylic acids is 1. The van der Waals surface area contributed by atoms with Crippen molar-refractivity contribution in [3.63, 3.8) is 0 Å². The first-order valence-corrected chi connectivity index (χ1v) is 8.15. The van der Waals surface area contributed by atoms with Gasteiger partial charge >= 0.3 is 0 Å². The van der Waals surface area contributed by atoms with Crippen LogP contribution in [0.15, 0.2) is 60.7 Å². The summed E-state index contributed by atoms with van der Waals surface area (Å²) in [7, 11) is 0. The smallest absolute Gasteiger partial charge is 0.270 e. The number of anilines is 1. The van der Waals surface area contributed by atoms with Crippen molar-refractivity contribution >= 4 is 23.4 Å². The number of non-ortho nitro benzene ring substituents is 1. The Bertz CT molecular complexity index is 782. The standard InChI is InChI=1S/C19H19N3O3/c23-19(10-9-16-5-4-8-18(15-16)22(24)25)21-13-11-20(12-14-21)17-6-2-1-3-7-17/h1-10,15H,11-14H2. The third kappa shape index (κ3) is 4.23. The minimum absolute atomic E-state index is 0.0195. The fraction of sp³-hybridized carbons (Fsp3) is 0.211. The first-order valence-electron chi connectivity index (χ1n) is 8.15. The molecule has 1 heterocycles. The molecule has 0 bridgehead atoms. The predicted octanol–water partition coefficient (Wildman–Crippen LogP) is 2.96. The molecular weight excluding hydrogens is 318 g/mol. The summed E-state index contributed by atoms with van der Waals surface area (Å²) in [6.45, 7) is 2.90. The highest BCUT2D eigenvalue weighted by molar-refractivity contribution is 5.92. The first-order chi connectivity index (χ1) is 12.1. The molecule has 6 heteroatoms. The minimum Gasteiger partial charge on any atom is -0.368 e. The fourth-order valence-corrected chi connectivity index (χ4v) is 2.84. The average molecular weight is 337 g/mol. The molecular formula is C19H19N3O3. The van der Waals surface area contributed by atoms with Gasteiger partial charge in [0, 0.05) is 50.1 Å². The molecule has 3 rings (SSSR count). The predicted molar refractivity (Wildman–Crippen MR) is 97.4 cm³/mol. The molecule has 0 N–H and O–H groups in total. The van der Waals surface area contributed by atoms with Crippen LogP contribution >= 0.6 is 0 Å². The van der Waals surface area contributed by atoms with Gasteiger partial charge < -0.3 is 9.80 Å². The maximum Gasteiger partial charge on any atom is 0.270 e. The monoisotopic (exact) mass is 337 g/mol. The molecule has 0 spiro atoms. The van der Waals surface area contributed by atoms with Gasteiger partial charge in [-0.05, 0) is 23.8 Å². The number of piperazine rings is 1. The molecule has 6 nitrogen and oxygen atoms in total. The second-order valence-electron chi connectivity index (χ2n) is 5.83. The van der Waals surface area contributed by atoms with E-state index >= 15 is 0 Å². The van der Waals surface area contributed by atoms with Crippen LogP contribution in [0.4, 0.5) is 11.4 Å². The number of para-hydroxylation sites is 1. The van der Waals surface area contributed by atoms with Crippen molar-refractivity contribution in [3.8, 4) is 0 Å². The molecule has 1 aliphatic rings. The Morgan fingerprint density at radius 1 is 1.00 bits per heavy atom. The number of hydrogen-bond acceptors (Lipinski definition) is 4. The molecule has 0 aliphatic carbocycles. The Morgan fingerprint density at radius 3 is 2.40 bits per heavy atom. The summed E-state index contributed by atoms with van der Waals surface area (Å²) in [5.74, 6) is -0.0702. The largest absolute Gasteiger partial charge is 0.368 e. The highest BCUT2D eigenvalue weighted by atomic mass is 16.6. The molecule has 0 radical (unpaired) electrons. The summed E-state index contributed by atoms with van der Waals surface area (Å²) in [6.07, 6.45) is 3.11. The van der Waals surface area contributed by atoms with E-state index in [2.05, 4.69) is 17.0 Å². The van der Waals surface area contributed by atoms with Crippen LogP contribution in [0, 0.1) is 10.1 Å². The molecule has 1 amide bonds. The summed E-state index contributed by atoms with van der Waals surface area (Å²) in [6, 6.07) is 16.4. The first kappa shape index (κ1) is 16.7. The molecule has 0 saturated carbocycles. The van der Waals surface area contributed by atoms with Crippen molar-refractivity contribution in [1.82, 2.24) is 4.90 Å². The van der Waals surface area contributed by atoms with E-state index in [-0.39, 0.29) is 11.6 Å². The lowest BCUT2D eigenvalue weighted by Gasteiger charge is -2.35. The van der Waals surface area contributed by atoms with Crippen LogP contribution in [-0.2, 0) is 4.79 Å². The molecule has 1 aliphatic heterocycles. The van der Waals surface area contributed by atoms with Crippen molar-refractivity contribution in [3.05, 3.63) is 76.4 Å². The summed E-state index contributed by atoms with van der Waals surface area (Å²) in [5.41, 5.74) is 1.83. The molecule has 0 aromatic heterocycles. The van der Waals surface area contributed by atoms with E-state index in [0.717, 1.165) is 13.1 Å². The van der Waals surface area contributed by atoms with Crippen LogP contribution in [0.1, 0.15) is 5.56 Å². The van der Waals surface area contributed by atoms with Gasteiger partial charge in [0.2, 0.25) is 5.91 Å². The zero-order valence-corrected chi connectivity index (χ0v) is 13.7. The number of amides is 1. The number of carbonyl (C=O) groups is 1. The van der Waals surface area contributed by atoms with E-state index < -0.39 is 4.92 Å². The zero-order chi connectivity index (χ0) is 17.6. The van der Waals surface area contributed by atoms with E-state index in [9.17, 15) is 14.9 Å². The Balaban J connectivity index is 1.58. The van der Waals surface area contributed by atoms with E-state index in [1.54, 1.807) is 23.1 Å². The zero-order valence-electron chi connectivity index (χ0n) is 13.7. The number of nitro groups is 1. The van der Waals surface area contributed by atoms with E-state index in [4.69, 9.17) is 0 Å². The van der Waals surface area contributed by atoms with E-state index in [1.165, 1.54) is 23.9 Å². The molecule has 0 atom stereocenters. The summed E-state index contributed by atoms with van der Waals surface area (Å²) in [5, 5.41) is 10.8. The third-order valence-electron chi connectivity index (χ3n) is 4.21. The van der Waals surface area contributed by atoms with Gasteiger partial charge in [0.1, 0.15) is 0 Å². The molecule has 2 aromatic rings. The van der Waals surface area contributed by atoms with Crippen molar-refractivity contribution in [2.45, 2.75) is 0 Å². The van der Waals surface area contributed by atoms with Gasteiger partial charge in [-0.15, -0.1) is 0 Å². The normalized spacial score (nSPS) is 14.7. The van der Waals surface area contributed by atoms with Gasteiger partial charge in [0.25, 0.3) is 5.69 Å². The highest BCUT2D eigenvalue weighted by Crippen LogP contribution is 2.17. The Kier molecular flexibility index (Phi) is 5.09. The number of nitro benzene ring substituents is 1. The van der Waals surface area contributed by atoms with Crippen molar-refractivity contribution in [2.24, 2.45) is 0 Å². The SMILES string of the molecule is O=C(C=Cc1cccc([N+](=O)[O-])c1)N1CCN(c2ccccc2)CC1. The Labute approximate surface area is 146 Å². The summed E-state index contributed by atoms with van der Waals surface area (Å²) in [4.78, 5) is 26.7. The topological polar surface area (TPSA) is 66.7 Å². The second-order valence-corrected chi connectivity index (χ2v) is 5.83. The number of hydrogen-bond donors (Lipinski definition) is 0. The highest BCUT2D eigenvalue weighted by Gasteiger charge is 2.19. The van der Waals surface area contributed by atoms with Gasteiger partial charge in [-0.1, -0.05) is 30.3 Å². The van der Waals surface area contributed by atoms with Crippen LogP contribution in [0.3, 0.4) is 0 Å². The van der Waals surface area contributed by atoms with Gasteiger partial charge in [-0.3, -0.25) is 14.9 Å². The molecule has 1 fully saturated rings. The Morgan fingerprint density at radius 2 is 1.72 bits per heavy atom. The Hall–Kier alpha value is -3.15. The van der Waals surface area contributed by atoms with Crippen molar-refractivity contribution in [2.75, 3.05) is 31.1 Å². The lowest BCUT2D eigenvalue weighted by molar-refractivity contribution is -0.384. The number of benzene rings is 2. The van der Waals surface area contributed by atoms with Crippen LogP contribution < -0.4 is 4.90 Å². The molecule has 25 heavy (non-hydrogen) atoms. The molecule has 128 valence electrons. The fourth-order valence-electron chi connectivity index (χ4n) is 2.84. The van der Waals surface area contributed by atoms with Crippen LogP contribution in [0.25, 0.3) is 6.08 Å². The summed E-state index contributed by atoms with van der Waals surface area (Å²) < 4.78 is 0. The van der Waals surface area contributed by atoms with Gasteiger partial charge in [0.05, 0.1) is 4.92 Å². The number of nitrogens with zero attached hydrogens (tertiary/aromatic N) is 3. The average Bonchev–Trinajstić information content (AvgIpc) is 2.67. The second kappa shape index (κ2) is 7.61. The van der Waals surface area contributed by atoms with Gasteiger partial charge in [-0.25, -0.2) is 0 Å². The lowest BCUT2D eigenvalue weighted by atomic mass is 10.2. The third-order valence-corrected chi connectivity index (χ3v) is 4.21. The molecule has 1 saturated heterocycles. The molecule has 0 unspecified atom stereocenters. The summed E-state index contributed by atoms with van der Waals surface area (Å²) >= 11 is 0. The van der Waals surface area contributed by atoms with Gasteiger partial charge in [-0.2, -0.15) is 0 Å². The van der Waals surface area contributed by atoms with Crippen molar-refractivity contribution < 1.29 is 9.72 Å². The van der Waals surface area contributed by atoms with Gasteiger partial charge in [0.15, 0.2) is 0 Å².